The summed E-state index contributed by atoms with van der Waals surface area (Å²) in [4.78, 5) is 0. The zero-order valence-electron chi connectivity index (χ0n) is 1.52. The largest absolute Gasteiger partial charge is 0.197 e. The van der Waals surface area contributed by atoms with Gasteiger partial charge in [0, 0.05) is 79.9 Å². The van der Waals surface area contributed by atoms with Crippen molar-refractivity contribution in [1.82, 2.24) is 0 Å². The van der Waals surface area contributed by atoms with E-state index in [1.165, 1.54) is 0 Å². The van der Waals surface area contributed by atoms with E-state index in [4.69, 9.17) is 4.21 Å². The Kier molecular flexibility index (Phi) is 69.0. The van der Waals surface area contributed by atoms with Crippen molar-refractivity contribution >= 4 is 12.5 Å². The molecule has 0 aliphatic carbocycles. The summed E-state index contributed by atoms with van der Waals surface area (Å²) in [5.74, 6) is 0. The molecule has 0 amide bonds. The van der Waals surface area contributed by atoms with Crippen LogP contribution in [0.2, 0.25) is 0 Å². The number of hydrogen-bond donors (Lipinski definition) is 0. The first-order valence-electron chi connectivity index (χ1n) is 0.167. The summed E-state index contributed by atoms with van der Waals surface area (Å²) in [6, 6.07) is 0. The molecule has 0 saturated heterocycles. The van der Waals surface area contributed by atoms with Gasteiger partial charge in [-0.1, -0.05) is 0 Å². The van der Waals surface area contributed by atoms with Gasteiger partial charge in [0.15, 0.2) is 12.5 Å². The van der Waals surface area contributed by atoms with Gasteiger partial charge in [0.2, 0.25) is 0 Å². The van der Waals surface area contributed by atoms with Gasteiger partial charge in [-0.25, -0.2) is 0 Å². The second-order valence-electron chi connectivity index (χ2n) is 0. The molecule has 28 valence electrons. The number of rotatable bonds is 0. The van der Waals surface area contributed by atoms with Crippen molar-refractivity contribution in [1.29, 1.82) is 0 Å². The molecule has 1 nitrogen and oxygen atoms in total. The van der Waals surface area contributed by atoms with Gasteiger partial charge in [0.25, 0.3) is 0 Å². The Morgan fingerprint density at radius 2 is 1.00 bits per heavy atom. The van der Waals surface area contributed by atoms with E-state index in [1.807, 2.05) is 0 Å². The Morgan fingerprint density at radius 3 is 1.00 bits per heavy atom. The van der Waals surface area contributed by atoms with Crippen LogP contribution in [0.1, 0.15) is 0 Å². The second-order valence-corrected chi connectivity index (χ2v) is 0. The first-order chi connectivity index (χ1) is 1.00. The predicted molar refractivity (Wildman–Crippen MR) is 8.14 cm³/mol. The van der Waals surface area contributed by atoms with E-state index in [0.29, 0.717) is 0 Å². The van der Waals surface area contributed by atoms with Crippen molar-refractivity contribution in [2.45, 2.75) is 0 Å². The van der Waals surface area contributed by atoms with Crippen LogP contribution in [-0.4, -0.2) is 4.21 Å². The van der Waals surface area contributed by atoms with Crippen LogP contribution < -0.4 is 0 Å². The normalized spacial score (nSPS) is 1.00. The van der Waals surface area contributed by atoms with Gasteiger partial charge in [-0.05, 0) is 0 Å². The molecule has 0 rings (SSSR count). The summed E-state index contributed by atoms with van der Waals surface area (Å²) in [5, 5.41) is 0. The van der Waals surface area contributed by atoms with Gasteiger partial charge >= 0.3 is 0 Å². The molecular weight excluding hydrogens is 363 g/mol. The molecule has 0 saturated carbocycles. The van der Waals surface area contributed by atoms with E-state index in [9.17, 15) is 0 Å². The Morgan fingerprint density at radius 1 is 1.00 bits per heavy atom. The third-order valence-electron chi connectivity index (χ3n) is 0. The zero-order chi connectivity index (χ0) is 2.00. The molecule has 0 aliphatic heterocycles. The molecule has 0 aromatic rings. The molecular formula is Gd2OS. The Labute approximate surface area is 94.2 Å². The Hall–Kier alpha value is 2.67. The summed E-state index contributed by atoms with van der Waals surface area (Å²) in [6.07, 6.45) is 0. The van der Waals surface area contributed by atoms with Crippen molar-refractivity contribution in [3.63, 3.8) is 0 Å². The van der Waals surface area contributed by atoms with Crippen molar-refractivity contribution in [3.8, 4) is 0 Å². The molecule has 0 unspecified atom stereocenters. The average Bonchev–Trinajstić information content (AvgIpc) is 1.00. The molecule has 0 N–H and O–H groups in total. The van der Waals surface area contributed by atoms with Gasteiger partial charge < -0.3 is 0 Å². The fraction of sp³-hybridized carbons (Fsp3) is 0. The monoisotopic (exact) mass is 364 g/mol. The van der Waals surface area contributed by atoms with Crippen LogP contribution in [0.4, 0.5) is 0 Å². The van der Waals surface area contributed by atoms with E-state index in [0.717, 1.165) is 0 Å². The second kappa shape index (κ2) is 17.3. The van der Waals surface area contributed by atoms with Crippen molar-refractivity contribution in [3.05, 3.63) is 0 Å². The SMILES string of the molecule is O=S.[Gd].[Gd]. The standard InChI is InChI=1S/2Gd.OS/c;;1-2. The third-order valence-corrected chi connectivity index (χ3v) is 0. The van der Waals surface area contributed by atoms with Crippen LogP contribution in [0.15, 0.2) is 0 Å². The minimum Gasteiger partial charge on any atom is -0.197 e. The first-order valence-corrected chi connectivity index (χ1v) is 0.500. The molecule has 0 radical (unpaired) electrons. The molecule has 0 aromatic heterocycles. The molecule has 0 aromatic carbocycles. The van der Waals surface area contributed by atoms with E-state index < -0.39 is 0 Å². The van der Waals surface area contributed by atoms with E-state index >= 15 is 0 Å². The van der Waals surface area contributed by atoms with E-state index in [2.05, 4.69) is 12.5 Å². The molecule has 0 fully saturated rings. The minimum absolute atomic E-state index is 0. The number of hydrogen-bond acceptors (Lipinski definition) is 2. The van der Waals surface area contributed by atoms with Crippen LogP contribution in [0.25, 0.3) is 0 Å². The summed E-state index contributed by atoms with van der Waals surface area (Å²) < 4.78 is 7.83. The zero-order valence-corrected chi connectivity index (χ0v) is 6.88. The van der Waals surface area contributed by atoms with Gasteiger partial charge in [-0.3, -0.25) is 0 Å². The van der Waals surface area contributed by atoms with Gasteiger partial charge in [-0.15, -0.1) is 0 Å². The van der Waals surface area contributed by atoms with E-state index in [1.54, 1.807) is 0 Å². The fourth-order valence-electron chi connectivity index (χ4n) is 0. The molecule has 0 spiro atoms. The van der Waals surface area contributed by atoms with Crippen LogP contribution in [-0.2, 0) is 12.5 Å². The van der Waals surface area contributed by atoms with Crippen molar-refractivity contribution < 1.29 is 84.1 Å². The fourth-order valence-corrected chi connectivity index (χ4v) is 0. The average molecular weight is 363 g/mol. The van der Waals surface area contributed by atoms with Gasteiger partial charge in [0.05, 0.1) is 0 Å². The minimum atomic E-state index is 0. The van der Waals surface area contributed by atoms with Crippen LogP contribution in [0, 0.1) is 79.9 Å². The quantitative estimate of drug-likeness (QED) is 0.587. The summed E-state index contributed by atoms with van der Waals surface area (Å²) >= 11 is 2.83. The Balaban J connectivity index is -0.00000000500. The molecule has 4 heavy (non-hydrogen) atoms. The maximum absolute atomic E-state index is 7.83. The maximum Gasteiger partial charge on any atom is 0.197 e. The Bertz CT molecular complexity index is 6.00. The summed E-state index contributed by atoms with van der Waals surface area (Å²) in [6.45, 7) is 0. The van der Waals surface area contributed by atoms with Crippen LogP contribution in [0.5, 0.6) is 0 Å². The van der Waals surface area contributed by atoms with Crippen molar-refractivity contribution in [2.24, 2.45) is 0 Å². The third kappa shape index (κ3) is 8.82. The smallest absolute Gasteiger partial charge is 0.197 e. The molecule has 4 heteroatoms. The van der Waals surface area contributed by atoms with Crippen molar-refractivity contribution in [2.75, 3.05) is 0 Å². The summed E-state index contributed by atoms with van der Waals surface area (Å²) in [5.41, 5.74) is 0. The summed E-state index contributed by atoms with van der Waals surface area (Å²) in [7, 11) is 0. The predicted octanol–water partition coefficient (Wildman–Crippen LogP) is -0.336. The van der Waals surface area contributed by atoms with E-state index in [-0.39, 0.29) is 79.9 Å². The molecule has 0 aliphatic rings. The topological polar surface area (TPSA) is 17.1 Å². The van der Waals surface area contributed by atoms with Gasteiger partial charge in [-0.2, -0.15) is 4.21 Å². The molecule has 0 heterocycles. The van der Waals surface area contributed by atoms with Crippen LogP contribution >= 0.6 is 0 Å². The van der Waals surface area contributed by atoms with Gasteiger partial charge in [0.1, 0.15) is 0 Å². The molecule has 0 bridgehead atoms. The maximum atomic E-state index is 7.83. The first kappa shape index (κ1) is 15.9. The van der Waals surface area contributed by atoms with Crippen LogP contribution in [0.3, 0.4) is 0 Å². The molecule has 0 atom stereocenters.